The highest BCUT2D eigenvalue weighted by molar-refractivity contribution is 7.99. The molecule has 0 saturated carbocycles. The lowest BCUT2D eigenvalue weighted by Crippen LogP contribution is -2.07. The first-order valence-electron chi connectivity index (χ1n) is 9.54. The first kappa shape index (κ1) is 19.8. The molecule has 6 heteroatoms. The topological polar surface area (TPSA) is 73.1 Å². The zero-order valence-corrected chi connectivity index (χ0v) is 17.4. The maximum absolute atomic E-state index is 6.20. The molecule has 1 aromatic heterocycles. The van der Waals surface area contributed by atoms with E-state index < -0.39 is 0 Å². The minimum Gasteiger partial charge on any atom is -0.497 e. The molecule has 0 spiro atoms. The van der Waals surface area contributed by atoms with Crippen molar-refractivity contribution in [2.24, 2.45) is 0 Å². The van der Waals surface area contributed by atoms with Crippen molar-refractivity contribution in [2.45, 2.75) is 16.3 Å². The molecule has 4 rings (SSSR count). The number of methoxy groups -OCH3 is 1. The van der Waals surface area contributed by atoms with Gasteiger partial charge in [-0.2, -0.15) is 0 Å². The molecular formula is C24H22N4OS. The van der Waals surface area contributed by atoms with Gasteiger partial charge in [0.1, 0.15) is 11.6 Å². The van der Waals surface area contributed by atoms with Crippen LogP contribution in [0.25, 0.3) is 11.4 Å². The molecule has 0 aliphatic carbocycles. The molecule has 0 unspecified atom stereocenters. The number of rotatable bonds is 7. The van der Waals surface area contributed by atoms with E-state index in [1.807, 2.05) is 54.6 Å². The summed E-state index contributed by atoms with van der Waals surface area (Å²) in [7, 11) is 1.67. The Balaban J connectivity index is 1.47. The van der Waals surface area contributed by atoms with Gasteiger partial charge in [-0.1, -0.05) is 54.2 Å². The van der Waals surface area contributed by atoms with Crippen LogP contribution in [0.2, 0.25) is 0 Å². The Labute approximate surface area is 180 Å². The van der Waals surface area contributed by atoms with Crippen molar-refractivity contribution in [3.8, 4) is 17.1 Å². The van der Waals surface area contributed by atoms with Crippen molar-refractivity contribution in [1.82, 2.24) is 9.97 Å². The van der Waals surface area contributed by atoms with Gasteiger partial charge >= 0.3 is 0 Å². The summed E-state index contributed by atoms with van der Waals surface area (Å²) in [6, 6.07) is 26.0. The smallest absolute Gasteiger partial charge is 0.161 e. The monoisotopic (exact) mass is 414 g/mol. The molecule has 0 atom stereocenters. The van der Waals surface area contributed by atoms with Gasteiger partial charge < -0.3 is 15.8 Å². The molecule has 0 aliphatic heterocycles. The second-order valence-corrected chi connectivity index (χ2v) is 7.71. The van der Waals surface area contributed by atoms with E-state index >= 15 is 0 Å². The maximum Gasteiger partial charge on any atom is 0.161 e. The summed E-state index contributed by atoms with van der Waals surface area (Å²) in [5, 5.41) is 3.47. The summed E-state index contributed by atoms with van der Waals surface area (Å²) < 4.78 is 5.23. The lowest BCUT2D eigenvalue weighted by atomic mass is 10.2. The molecule has 0 radical (unpaired) electrons. The fourth-order valence-corrected chi connectivity index (χ4v) is 3.87. The highest BCUT2D eigenvalue weighted by atomic mass is 32.2. The Morgan fingerprint density at radius 1 is 0.933 bits per heavy atom. The molecule has 0 saturated heterocycles. The van der Waals surface area contributed by atoms with E-state index in [4.69, 9.17) is 10.5 Å². The largest absolute Gasteiger partial charge is 0.497 e. The van der Waals surface area contributed by atoms with Crippen molar-refractivity contribution in [3.63, 3.8) is 0 Å². The van der Waals surface area contributed by atoms with Crippen LogP contribution < -0.4 is 15.8 Å². The summed E-state index contributed by atoms with van der Waals surface area (Å²) in [4.78, 5) is 11.2. The third-order valence-corrected chi connectivity index (χ3v) is 5.66. The third kappa shape index (κ3) is 4.72. The normalized spacial score (nSPS) is 10.6. The first-order chi connectivity index (χ1) is 14.7. The van der Waals surface area contributed by atoms with Crippen LogP contribution in [0.15, 0.2) is 94.9 Å². The van der Waals surface area contributed by atoms with Gasteiger partial charge in [-0.25, -0.2) is 9.97 Å². The molecule has 5 nitrogen and oxygen atoms in total. The highest BCUT2D eigenvalue weighted by Crippen LogP contribution is 2.34. The number of benzene rings is 3. The predicted molar refractivity (Wildman–Crippen MR) is 123 cm³/mol. The van der Waals surface area contributed by atoms with E-state index in [0.717, 1.165) is 32.4 Å². The van der Waals surface area contributed by atoms with Gasteiger partial charge in [0.15, 0.2) is 5.82 Å². The van der Waals surface area contributed by atoms with Gasteiger partial charge in [-0.05, 0) is 36.4 Å². The van der Waals surface area contributed by atoms with Crippen LogP contribution in [0.4, 0.5) is 11.5 Å². The van der Waals surface area contributed by atoms with E-state index in [-0.39, 0.29) is 0 Å². The van der Waals surface area contributed by atoms with Crippen molar-refractivity contribution < 1.29 is 4.74 Å². The average Bonchev–Trinajstić information content (AvgIpc) is 2.80. The lowest BCUT2D eigenvalue weighted by molar-refractivity contribution is 0.414. The summed E-state index contributed by atoms with van der Waals surface area (Å²) in [6.45, 7) is 0.543. The zero-order chi connectivity index (χ0) is 20.8. The third-order valence-electron chi connectivity index (χ3n) is 4.57. The summed E-state index contributed by atoms with van der Waals surface area (Å²) >= 11 is 1.69. The Bertz CT molecular complexity index is 1120. The van der Waals surface area contributed by atoms with Gasteiger partial charge in [-0.3, -0.25) is 0 Å². The van der Waals surface area contributed by atoms with Crippen LogP contribution in [0.5, 0.6) is 5.75 Å². The number of nitrogens with zero attached hydrogens (tertiary/aromatic N) is 2. The number of hydrogen-bond acceptors (Lipinski definition) is 6. The molecule has 3 aromatic carbocycles. The summed E-state index contributed by atoms with van der Waals surface area (Å²) in [5.74, 6) is 1.96. The molecule has 0 fully saturated rings. The number of nitrogens with one attached hydrogen (secondary N) is 1. The number of para-hydroxylation sites is 1. The van der Waals surface area contributed by atoms with E-state index in [9.17, 15) is 0 Å². The van der Waals surface area contributed by atoms with Crippen molar-refractivity contribution in [2.75, 3.05) is 18.2 Å². The Kier molecular flexibility index (Phi) is 6.15. The average molecular weight is 415 g/mol. The van der Waals surface area contributed by atoms with E-state index in [0.29, 0.717) is 18.2 Å². The second-order valence-electron chi connectivity index (χ2n) is 6.60. The van der Waals surface area contributed by atoms with Gasteiger partial charge in [0, 0.05) is 39.3 Å². The second kappa shape index (κ2) is 9.33. The minimum absolute atomic E-state index is 0.483. The fraction of sp³-hybridized carbons (Fsp3) is 0.0833. The van der Waals surface area contributed by atoms with Crippen LogP contribution in [0.3, 0.4) is 0 Å². The molecule has 0 amide bonds. The SMILES string of the molecule is COc1ccc(Sc2ccccc2NCc2cnc(-c3ccccc3)nc2N)cc1. The quantitative estimate of drug-likeness (QED) is 0.416. The van der Waals surface area contributed by atoms with Crippen LogP contribution in [-0.4, -0.2) is 17.1 Å². The number of nitrogens with two attached hydrogens (primary N) is 1. The molecule has 30 heavy (non-hydrogen) atoms. The Hall–Kier alpha value is -3.51. The van der Waals surface area contributed by atoms with Gasteiger partial charge in [-0.15, -0.1) is 0 Å². The molecular weight excluding hydrogens is 392 g/mol. The Morgan fingerprint density at radius 3 is 2.40 bits per heavy atom. The van der Waals surface area contributed by atoms with Crippen LogP contribution in [0.1, 0.15) is 5.56 Å². The maximum atomic E-state index is 6.20. The van der Waals surface area contributed by atoms with Crippen molar-refractivity contribution in [1.29, 1.82) is 0 Å². The lowest BCUT2D eigenvalue weighted by Gasteiger charge is -2.13. The van der Waals surface area contributed by atoms with Crippen molar-refractivity contribution in [3.05, 3.63) is 90.6 Å². The van der Waals surface area contributed by atoms with Crippen LogP contribution >= 0.6 is 11.8 Å². The summed E-state index contributed by atoms with van der Waals surface area (Å²) in [5.41, 5.74) is 9.05. The molecule has 1 heterocycles. The van der Waals surface area contributed by atoms with Crippen LogP contribution in [-0.2, 0) is 6.54 Å². The van der Waals surface area contributed by atoms with E-state index in [2.05, 4.69) is 39.6 Å². The zero-order valence-electron chi connectivity index (χ0n) is 16.6. The van der Waals surface area contributed by atoms with E-state index in [1.165, 1.54) is 0 Å². The van der Waals surface area contributed by atoms with Crippen molar-refractivity contribution >= 4 is 23.3 Å². The minimum atomic E-state index is 0.483. The number of hydrogen-bond donors (Lipinski definition) is 2. The number of anilines is 2. The predicted octanol–water partition coefficient (Wildman–Crippen LogP) is 5.50. The van der Waals surface area contributed by atoms with Gasteiger partial charge in [0.25, 0.3) is 0 Å². The van der Waals surface area contributed by atoms with E-state index in [1.54, 1.807) is 25.1 Å². The number of aromatic nitrogens is 2. The number of ether oxygens (including phenoxy) is 1. The first-order valence-corrected chi connectivity index (χ1v) is 10.4. The highest BCUT2D eigenvalue weighted by Gasteiger charge is 2.08. The van der Waals surface area contributed by atoms with Gasteiger partial charge in [0.05, 0.1) is 7.11 Å². The Morgan fingerprint density at radius 2 is 1.67 bits per heavy atom. The molecule has 0 aliphatic rings. The number of nitrogen functional groups attached to an aromatic ring is 1. The molecule has 3 N–H and O–H groups in total. The standard InChI is InChI=1S/C24H22N4OS/c1-29-19-11-13-20(14-12-19)30-22-10-6-5-9-21(22)26-15-18-16-27-24(28-23(18)25)17-7-3-2-4-8-17/h2-14,16,26H,15H2,1H3,(H2,25,27,28). The fourth-order valence-electron chi connectivity index (χ4n) is 2.95. The molecule has 4 aromatic rings. The summed E-state index contributed by atoms with van der Waals surface area (Å²) in [6.07, 6.45) is 1.79. The van der Waals surface area contributed by atoms with Gasteiger partial charge in [0.2, 0.25) is 0 Å². The molecule has 0 bridgehead atoms. The van der Waals surface area contributed by atoms with Crippen LogP contribution in [0, 0.1) is 0 Å². The molecule has 150 valence electrons.